The number of ether oxygens (including phenoxy) is 2. The number of carbonyl (C=O) groups excluding carboxylic acids is 1. The van der Waals surface area contributed by atoms with Crippen LogP contribution in [0.15, 0.2) is 35.3 Å². The van der Waals surface area contributed by atoms with Crippen LogP contribution in [0.5, 0.6) is 5.75 Å². The minimum Gasteiger partial charge on any atom is -0.483 e. The SMILES string of the molecule is COCCn1ccc2c(OCC(=O)N(C(C)C)C(C)C)cccc2c1=O. The standard InChI is InChI=1S/C20H28N2O4/c1-14(2)22(15(3)4)19(23)13-26-18-8-6-7-17-16(18)9-10-21(20(17)24)11-12-25-5/h6-10,14-15H,11-13H2,1-5H3. The van der Waals surface area contributed by atoms with Crippen LogP contribution in [0.4, 0.5) is 0 Å². The molecule has 26 heavy (non-hydrogen) atoms. The third-order valence-corrected chi connectivity index (χ3v) is 4.27. The minimum absolute atomic E-state index is 0.0533. The molecule has 1 amide bonds. The molecule has 0 aliphatic heterocycles. The Morgan fingerprint density at radius 1 is 1.12 bits per heavy atom. The summed E-state index contributed by atoms with van der Waals surface area (Å²) in [5, 5.41) is 1.28. The summed E-state index contributed by atoms with van der Waals surface area (Å²) in [6, 6.07) is 7.37. The van der Waals surface area contributed by atoms with E-state index in [0.29, 0.717) is 29.7 Å². The van der Waals surface area contributed by atoms with Gasteiger partial charge < -0.3 is 18.9 Å². The lowest BCUT2D eigenvalue weighted by molar-refractivity contribution is -0.136. The lowest BCUT2D eigenvalue weighted by Gasteiger charge is -2.30. The number of methoxy groups -OCH3 is 1. The molecule has 0 spiro atoms. The quantitative estimate of drug-likeness (QED) is 0.726. The van der Waals surface area contributed by atoms with E-state index < -0.39 is 0 Å². The van der Waals surface area contributed by atoms with Crippen LogP contribution in [0.25, 0.3) is 10.8 Å². The predicted molar refractivity (Wildman–Crippen MR) is 103 cm³/mol. The summed E-state index contributed by atoms with van der Waals surface area (Å²) in [4.78, 5) is 26.9. The van der Waals surface area contributed by atoms with Crippen molar-refractivity contribution >= 4 is 16.7 Å². The van der Waals surface area contributed by atoms with E-state index in [1.54, 1.807) is 41.0 Å². The fraction of sp³-hybridized carbons (Fsp3) is 0.500. The molecule has 0 atom stereocenters. The molecule has 1 heterocycles. The van der Waals surface area contributed by atoms with Gasteiger partial charge in [-0.25, -0.2) is 0 Å². The number of carbonyl (C=O) groups is 1. The molecule has 0 radical (unpaired) electrons. The molecular formula is C20H28N2O4. The van der Waals surface area contributed by atoms with Gasteiger partial charge in [-0.1, -0.05) is 6.07 Å². The van der Waals surface area contributed by atoms with Gasteiger partial charge in [-0.2, -0.15) is 0 Å². The lowest BCUT2D eigenvalue weighted by Crippen LogP contribution is -2.44. The van der Waals surface area contributed by atoms with Crippen LogP contribution in [0.1, 0.15) is 27.7 Å². The van der Waals surface area contributed by atoms with E-state index >= 15 is 0 Å². The highest BCUT2D eigenvalue weighted by Crippen LogP contribution is 2.23. The molecule has 0 N–H and O–H groups in total. The molecule has 1 aromatic carbocycles. The van der Waals surface area contributed by atoms with Gasteiger partial charge in [-0.15, -0.1) is 0 Å². The van der Waals surface area contributed by atoms with Crippen LogP contribution >= 0.6 is 0 Å². The zero-order valence-electron chi connectivity index (χ0n) is 16.2. The molecule has 0 aliphatic carbocycles. The largest absolute Gasteiger partial charge is 0.483 e. The molecule has 6 nitrogen and oxygen atoms in total. The van der Waals surface area contributed by atoms with Crippen LogP contribution in [0.3, 0.4) is 0 Å². The number of benzene rings is 1. The maximum absolute atomic E-state index is 12.6. The number of hydrogen-bond donors (Lipinski definition) is 0. The Balaban J connectivity index is 2.24. The first kappa shape index (κ1) is 20.0. The van der Waals surface area contributed by atoms with Gasteiger partial charge in [0.2, 0.25) is 0 Å². The van der Waals surface area contributed by atoms with Gasteiger partial charge >= 0.3 is 0 Å². The van der Waals surface area contributed by atoms with E-state index in [9.17, 15) is 9.59 Å². The zero-order chi connectivity index (χ0) is 19.3. The molecule has 0 aliphatic rings. The van der Waals surface area contributed by atoms with E-state index in [1.807, 2.05) is 33.8 Å². The van der Waals surface area contributed by atoms with Crippen LogP contribution in [-0.2, 0) is 16.1 Å². The smallest absolute Gasteiger partial charge is 0.260 e. The lowest BCUT2D eigenvalue weighted by atomic mass is 10.1. The average Bonchev–Trinajstić information content (AvgIpc) is 2.59. The molecule has 2 rings (SSSR count). The second-order valence-electron chi connectivity index (χ2n) is 6.80. The Morgan fingerprint density at radius 3 is 2.42 bits per heavy atom. The highest BCUT2D eigenvalue weighted by Gasteiger charge is 2.20. The van der Waals surface area contributed by atoms with Crippen molar-refractivity contribution in [3.63, 3.8) is 0 Å². The second kappa shape index (κ2) is 8.85. The van der Waals surface area contributed by atoms with Crippen molar-refractivity contribution in [3.8, 4) is 5.75 Å². The van der Waals surface area contributed by atoms with Crippen molar-refractivity contribution in [2.45, 2.75) is 46.3 Å². The summed E-state index contributed by atoms with van der Waals surface area (Å²) in [6.07, 6.45) is 1.73. The molecule has 0 bridgehead atoms. The number of pyridine rings is 1. The van der Waals surface area contributed by atoms with E-state index in [1.165, 1.54) is 0 Å². The van der Waals surface area contributed by atoms with E-state index in [0.717, 1.165) is 0 Å². The normalized spacial score (nSPS) is 11.3. The third kappa shape index (κ3) is 4.43. The van der Waals surface area contributed by atoms with Crippen molar-refractivity contribution in [2.24, 2.45) is 0 Å². The van der Waals surface area contributed by atoms with Crippen molar-refractivity contribution in [3.05, 3.63) is 40.8 Å². The maximum atomic E-state index is 12.6. The van der Waals surface area contributed by atoms with E-state index in [2.05, 4.69) is 0 Å². The molecule has 0 fully saturated rings. The number of amides is 1. The van der Waals surface area contributed by atoms with Gasteiger partial charge in [-0.05, 0) is 45.9 Å². The summed E-state index contributed by atoms with van der Waals surface area (Å²) in [5.74, 6) is 0.472. The first-order valence-electron chi connectivity index (χ1n) is 8.91. The number of rotatable bonds is 8. The number of aromatic nitrogens is 1. The van der Waals surface area contributed by atoms with Gasteiger partial charge in [0.15, 0.2) is 6.61 Å². The first-order chi connectivity index (χ1) is 12.4. The van der Waals surface area contributed by atoms with Crippen LogP contribution in [-0.4, -0.2) is 47.8 Å². The summed E-state index contributed by atoms with van der Waals surface area (Å²) in [6.45, 7) is 8.85. The predicted octanol–water partition coefficient (Wildman–Crippen LogP) is 2.67. The summed E-state index contributed by atoms with van der Waals surface area (Å²) < 4.78 is 12.4. The Labute approximate surface area is 154 Å². The number of hydrogen-bond acceptors (Lipinski definition) is 4. The van der Waals surface area contributed by atoms with Gasteiger partial charge in [0.1, 0.15) is 5.75 Å². The van der Waals surface area contributed by atoms with Crippen molar-refractivity contribution < 1.29 is 14.3 Å². The fourth-order valence-electron chi connectivity index (χ4n) is 3.17. The minimum atomic E-state index is -0.0951. The monoisotopic (exact) mass is 360 g/mol. The van der Waals surface area contributed by atoms with Crippen molar-refractivity contribution in [1.29, 1.82) is 0 Å². The maximum Gasteiger partial charge on any atom is 0.260 e. The topological polar surface area (TPSA) is 60.8 Å². The first-order valence-corrected chi connectivity index (χ1v) is 8.91. The fourth-order valence-corrected chi connectivity index (χ4v) is 3.17. The number of nitrogens with zero attached hydrogens (tertiary/aromatic N) is 2. The average molecular weight is 360 g/mol. The second-order valence-corrected chi connectivity index (χ2v) is 6.80. The van der Waals surface area contributed by atoms with E-state index in [-0.39, 0.29) is 30.2 Å². The molecule has 0 saturated heterocycles. The Bertz CT molecular complexity index is 803. The van der Waals surface area contributed by atoms with Crippen LogP contribution < -0.4 is 10.3 Å². The van der Waals surface area contributed by atoms with Crippen LogP contribution in [0.2, 0.25) is 0 Å². The Morgan fingerprint density at radius 2 is 1.81 bits per heavy atom. The van der Waals surface area contributed by atoms with E-state index in [4.69, 9.17) is 9.47 Å². The van der Waals surface area contributed by atoms with Crippen molar-refractivity contribution in [1.82, 2.24) is 9.47 Å². The molecule has 0 unspecified atom stereocenters. The van der Waals surface area contributed by atoms with Gasteiger partial charge in [0, 0.05) is 37.3 Å². The van der Waals surface area contributed by atoms with Gasteiger partial charge in [-0.3, -0.25) is 9.59 Å². The molecule has 142 valence electrons. The summed E-state index contributed by atoms with van der Waals surface area (Å²) in [7, 11) is 1.60. The summed E-state index contributed by atoms with van der Waals surface area (Å²) in [5.41, 5.74) is -0.0951. The van der Waals surface area contributed by atoms with Crippen LogP contribution in [0, 0.1) is 0 Å². The highest BCUT2D eigenvalue weighted by molar-refractivity contribution is 5.88. The zero-order valence-corrected chi connectivity index (χ0v) is 16.2. The van der Waals surface area contributed by atoms with Gasteiger partial charge in [0.05, 0.1) is 12.0 Å². The number of fused-ring (bicyclic) bond motifs is 1. The highest BCUT2D eigenvalue weighted by atomic mass is 16.5. The molecule has 6 heteroatoms. The molecular weight excluding hydrogens is 332 g/mol. The third-order valence-electron chi connectivity index (χ3n) is 4.27. The molecule has 1 aromatic heterocycles. The molecule has 0 saturated carbocycles. The Kier molecular flexibility index (Phi) is 6.80. The summed E-state index contributed by atoms with van der Waals surface area (Å²) >= 11 is 0. The molecule has 2 aromatic rings. The van der Waals surface area contributed by atoms with Gasteiger partial charge in [0.25, 0.3) is 11.5 Å². The Hall–Kier alpha value is -2.34. The van der Waals surface area contributed by atoms with Crippen molar-refractivity contribution in [2.75, 3.05) is 20.3 Å².